The number of aryl methyl sites for hydroxylation is 2. The number of benzene rings is 1. The molecular formula is C17H19FN4O3. The number of hydroxylamine groups is 2. The van der Waals surface area contributed by atoms with E-state index in [4.69, 9.17) is 0 Å². The highest BCUT2D eigenvalue weighted by molar-refractivity contribution is 5.64. The van der Waals surface area contributed by atoms with Crippen molar-refractivity contribution in [2.75, 3.05) is 31.1 Å². The van der Waals surface area contributed by atoms with Crippen LogP contribution in [0, 0.1) is 35.0 Å². The van der Waals surface area contributed by atoms with Crippen molar-refractivity contribution in [3.63, 3.8) is 0 Å². The second-order valence-corrected chi connectivity index (χ2v) is 6.27. The Labute approximate surface area is 144 Å². The van der Waals surface area contributed by atoms with Crippen molar-refractivity contribution in [3.8, 4) is 0 Å². The van der Waals surface area contributed by atoms with Gasteiger partial charge in [0.05, 0.1) is 18.0 Å². The van der Waals surface area contributed by atoms with Gasteiger partial charge in [0.1, 0.15) is 24.6 Å². The monoisotopic (exact) mass is 346 g/mol. The fourth-order valence-corrected chi connectivity index (χ4v) is 3.28. The van der Waals surface area contributed by atoms with Gasteiger partial charge in [0.2, 0.25) is 5.69 Å². The topological polar surface area (TPSA) is 82.3 Å². The van der Waals surface area contributed by atoms with Gasteiger partial charge in [-0.15, -0.1) is 0 Å². The molecule has 132 valence electrons. The predicted octanol–water partition coefficient (Wildman–Crippen LogP) is 3.07. The molecule has 2 heterocycles. The summed E-state index contributed by atoms with van der Waals surface area (Å²) in [5.74, 6) is -0.312. The van der Waals surface area contributed by atoms with Crippen LogP contribution in [0.2, 0.25) is 0 Å². The van der Waals surface area contributed by atoms with Crippen LogP contribution < -0.4 is 9.55 Å². The Hall–Kier alpha value is -2.58. The van der Waals surface area contributed by atoms with E-state index >= 15 is 0 Å². The third kappa shape index (κ3) is 3.31. The number of quaternary nitrogens is 1. The number of nitrogens with zero attached hydrogens (tertiary/aromatic N) is 4. The molecular weight excluding hydrogens is 327 g/mol. The molecule has 0 radical (unpaired) electrons. The minimum Gasteiger partial charge on any atom is -0.627 e. The molecule has 1 aliphatic rings. The fourth-order valence-electron chi connectivity index (χ4n) is 3.28. The van der Waals surface area contributed by atoms with Gasteiger partial charge in [-0.1, -0.05) is 0 Å². The van der Waals surface area contributed by atoms with E-state index in [1.54, 1.807) is 26.0 Å². The number of aromatic nitrogens is 1. The van der Waals surface area contributed by atoms with Crippen LogP contribution in [0.5, 0.6) is 0 Å². The first-order valence-electron chi connectivity index (χ1n) is 8.02. The molecule has 1 aromatic carbocycles. The highest BCUT2D eigenvalue weighted by Crippen LogP contribution is 2.36. The zero-order valence-corrected chi connectivity index (χ0v) is 14.1. The normalized spacial score (nSPS) is 16.7. The van der Waals surface area contributed by atoms with Crippen molar-refractivity contribution in [1.29, 1.82) is 0 Å². The third-order valence-electron chi connectivity index (χ3n) is 4.55. The maximum Gasteiger partial charge on any atom is 0.350 e. The quantitative estimate of drug-likeness (QED) is 0.369. The molecule has 7 nitrogen and oxygen atoms in total. The molecule has 1 fully saturated rings. The van der Waals surface area contributed by atoms with Crippen molar-refractivity contribution in [3.05, 3.63) is 62.9 Å². The van der Waals surface area contributed by atoms with Crippen molar-refractivity contribution in [2.45, 2.75) is 13.8 Å². The molecule has 2 aromatic rings. The number of hydrogen-bond acceptors (Lipinski definition) is 5. The molecule has 8 heteroatoms. The number of pyridine rings is 1. The summed E-state index contributed by atoms with van der Waals surface area (Å²) in [7, 11) is 0. The summed E-state index contributed by atoms with van der Waals surface area (Å²) in [4.78, 5) is 17.0. The SMILES string of the molecule is Cc1cc([N+]2([O-])CCN(c3ccc(F)cc3)CC2)c([N+](=O)[O-])c(C)n1. The third-order valence-corrected chi connectivity index (χ3v) is 4.55. The lowest BCUT2D eigenvalue weighted by molar-refractivity contribution is -0.385. The van der Waals surface area contributed by atoms with Crippen LogP contribution in [0.1, 0.15) is 11.4 Å². The molecule has 1 aliphatic heterocycles. The molecule has 0 atom stereocenters. The molecule has 0 saturated carbocycles. The maximum absolute atomic E-state index is 13.3. The van der Waals surface area contributed by atoms with Crippen LogP contribution in [-0.2, 0) is 0 Å². The Morgan fingerprint density at radius 1 is 1.20 bits per heavy atom. The largest absolute Gasteiger partial charge is 0.627 e. The maximum atomic E-state index is 13.3. The molecule has 1 saturated heterocycles. The highest BCUT2D eigenvalue weighted by atomic mass is 19.1. The number of anilines is 1. The van der Waals surface area contributed by atoms with Gasteiger partial charge in [-0.05, 0) is 38.1 Å². The summed E-state index contributed by atoms with van der Waals surface area (Å²) in [6, 6.07) is 7.62. The molecule has 0 spiro atoms. The van der Waals surface area contributed by atoms with E-state index in [1.807, 2.05) is 4.90 Å². The average Bonchev–Trinajstić information content (AvgIpc) is 2.55. The molecule has 0 aliphatic carbocycles. The van der Waals surface area contributed by atoms with Gasteiger partial charge in [-0.25, -0.2) is 4.39 Å². The Bertz CT molecular complexity index is 802. The van der Waals surface area contributed by atoms with Crippen LogP contribution >= 0.6 is 0 Å². The van der Waals surface area contributed by atoms with Crippen LogP contribution in [0.4, 0.5) is 21.5 Å². The van der Waals surface area contributed by atoms with E-state index in [0.717, 1.165) is 5.69 Å². The molecule has 0 unspecified atom stereocenters. The van der Waals surface area contributed by atoms with E-state index in [0.29, 0.717) is 18.8 Å². The number of piperazine rings is 1. The molecule has 3 rings (SSSR count). The Kier molecular flexibility index (Phi) is 4.40. The molecule has 1 aromatic heterocycles. The Morgan fingerprint density at radius 3 is 2.36 bits per heavy atom. The van der Waals surface area contributed by atoms with Gasteiger partial charge in [0, 0.05) is 17.4 Å². The summed E-state index contributed by atoms with van der Waals surface area (Å²) >= 11 is 0. The zero-order chi connectivity index (χ0) is 18.2. The van der Waals surface area contributed by atoms with Crippen molar-refractivity contribution >= 4 is 17.1 Å². The first kappa shape index (κ1) is 17.2. The number of halogens is 1. The Morgan fingerprint density at radius 2 is 1.80 bits per heavy atom. The van der Waals surface area contributed by atoms with Gasteiger partial charge >= 0.3 is 5.69 Å². The van der Waals surface area contributed by atoms with E-state index in [1.165, 1.54) is 18.2 Å². The lowest BCUT2D eigenvalue weighted by atomic mass is 10.1. The minimum absolute atomic E-state index is 0.161. The minimum atomic E-state index is -0.752. The van der Waals surface area contributed by atoms with Crippen molar-refractivity contribution in [2.24, 2.45) is 0 Å². The van der Waals surface area contributed by atoms with E-state index in [-0.39, 0.29) is 36.0 Å². The van der Waals surface area contributed by atoms with Gasteiger partial charge in [0.25, 0.3) is 0 Å². The predicted molar refractivity (Wildman–Crippen MR) is 93.9 cm³/mol. The van der Waals surface area contributed by atoms with Crippen molar-refractivity contribution in [1.82, 2.24) is 9.63 Å². The van der Waals surface area contributed by atoms with E-state index in [9.17, 15) is 19.7 Å². The summed E-state index contributed by atoms with van der Waals surface area (Å²) in [5, 5.41) is 24.7. The number of hydrogen-bond donors (Lipinski definition) is 0. The lowest BCUT2D eigenvalue weighted by Gasteiger charge is -2.47. The van der Waals surface area contributed by atoms with Crippen LogP contribution in [0.15, 0.2) is 30.3 Å². The van der Waals surface area contributed by atoms with E-state index in [2.05, 4.69) is 4.98 Å². The van der Waals surface area contributed by atoms with Crippen LogP contribution in [0.3, 0.4) is 0 Å². The summed E-state index contributed by atoms with van der Waals surface area (Å²) in [6.45, 7) is 4.51. The second kappa shape index (κ2) is 6.38. The molecule has 25 heavy (non-hydrogen) atoms. The number of rotatable bonds is 3. The average molecular weight is 346 g/mol. The first-order valence-corrected chi connectivity index (χ1v) is 8.02. The van der Waals surface area contributed by atoms with Crippen LogP contribution in [-0.4, -0.2) is 36.1 Å². The fraction of sp³-hybridized carbons (Fsp3) is 0.353. The number of nitro groups is 1. The van der Waals surface area contributed by atoms with Gasteiger partial charge in [-0.2, -0.15) is 0 Å². The molecule has 0 bridgehead atoms. The highest BCUT2D eigenvalue weighted by Gasteiger charge is 2.36. The summed E-state index contributed by atoms with van der Waals surface area (Å²) < 4.78 is 12.3. The Balaban J connectivity index is 1.88. The smallest absolute Gasteiger partial charge is 0.350 e. The molecule has 0 N–H and O–H groups in total. The van der Waals surface area contributed by atoms with Crippen molar-refractivity contribution < 1.29 is 9.31 Å². The lowest BCUT2D eigenvalue weighted by Crippen LogP contribution is -2.57. The van der Waals surface area contributed by atoms with E-state index < -0.39 is 9.57 Å². The zero-order valence-electron chi connectivity index (χ0n) is 14.1. The second-order valence-electron chi connectivity index (χ2n) is 6.27. The molecule has 0 amide bonds. The van der Waals surface area contributed by atoms with Gasteiger partial charge < -0.3 is 14.8 Å². The van der Waals surface area contributed by atoms with Crippen LogP contribution in [0.25, 0.3) is 0 Å². The van der Waals surface area contributed by atoms with Gasteiger partial charge in [0.15, 0.2) is 0 Å². The summed E-state index contributed by atoms with van der Waals surface area (Å²) in [6.07, 6.45) is 0. The first-order chi connectivity index (χ1) is 11.8. The van der Waals surface area contributed by atoms with Gasteiger partial charge in [-0.3, -0.25) is 15.1 Å². The summed E-state index contributed by atoms with van der Waals surface area (Å²) in [5.41, 5.74) is 1.65. The standard InChI is InChI=1S/C17H19FN4O3/c1-12-11-16(17(21(23)24)13(2)19-12)22(25)9-7-20(8-10-22)15-5-3-14(18)4-6-15/h3-6,11H,7-10H2,1-2H3.